The minimum Gasteiger partial charge on any atom is -0.326 e. The molecular formula is C21H19N3O. The second kappa shape index (κ2) is 6.06. The standard InChI is InChI=1S/C21H19N3O/c1-15-10-18(13-23(2)21(15)25)17-8-9-19-20(11-17)24(14-22-19)12-16-6-4-3-5-7-16/h3-11,13-14H,12H2,1-2H3. The van der Waals surface area contributed by atoms with Crippen LogP contribution < -0.4 is 5.56 Å². The van der Waals surface area contributed by atoms with Crippen molar-refractivity contribution in [2.45, 2.75) is 13.5 Å². The van der Waals surface area contributed by atoms with Gasteiger partial charge in [-0.3, -0.25) is 4.79 Å². The van der Waals surface area contributed by atoms with Gasteiger partial charge < -0.3 is 9.13 Å². The van der Waals surface area contributed by atoms with Gasteiger partial charge in [-0.2, -0.15) is 0 Å². The van der Waals surface area contributed by atoms with E-state index in [1.54, 1.807) is 11.6 Å². The molecule has 0 aliphatic heterocycles. The van der Waals surface area contributed by atoms with E-state index in [0.29, 0.717) is 0 Å². The fourth-order valence-corrected chi connectivity index (χ4v) is 3.18. The van der Waals surface area contributed by atoms with E-state index in [-0.39, 0.29) is 5.56 Å². The predicted octanol–water partition coefficient (Wildman–Crippen LogP) is 3.76. The summed E-state index contributed by atoms with van der Waals surface area (Å²) in [5, 5.41) is 0. The fourth-order valence-electron chi connectivity index (χ4n) is 3.18. The Morgan fingerprint density at radius 3 is 2.56 bits per heavy atom. The third-order valence-electron chi connectivity index (χ3n) is 4.51. The highest BCUT2D eigenvalue weighted by atomic mass is 16.1. The smallest absolute Gasteiger partial charge is 0.253 e. The lowest BCUT2D eigenvalue weighted by Crippen LogP contribution is -2.18. The van der Waals surface area contributed by atoms with Crippen LogP contribution in [0.2, 0.25) is 0 Å². The third-order valence-corrected chi connectivity index (χ3v) is 4.51. The first kappa shape index (κ1) is 15.4. The topological polar surface area (TPSA) is 39.8 Å². The molecule has 0 unspecified atom stereocenters. The van der Waals surface area contributed by atoms with E-state index in [4.69, 9.17) is 0 Å². The molecule has 2 aromatic heterocycles. The summed E-state index contributed by atoms with van der Waals surface area (Å²) in [5.41, 5.74) is 6.21. The summed E-state index contributed by atoms with van der Waals surface area (Å²) < 4.78 is 3.79. The summed E-state index contributed by atoms with van der Waals surface area (Å²) in [5.74, 6) is 0. The monoisotopic (exact) mass is 329 g/mol. The maximum atomic E-state index is 11.9. The third kappa shape index (κ3) is 2.87. The number of imidazole rings is 1. The molecule has 25 heavy (non-hydrogen) atoms. The Bertz CT molecular complexity index is 1080. The van der Waals surface area contributed by atoms with Crippen LogP contribution in [0, 0.1) is 6.92 Å². The first-order valence-electron chi connectivity index (χ1n) is 8.28. The van der Waals surface area contributed by atoms with Gasteiger partial charge in [0.2, 0.25) is 0 Å². The van der Waals surface area contributed by atoms with Crippen molar-refractivity contribution in [3.05, 3.63) is 88.6 Å². The summed E-state index contributed by atoms with van der Waals surface area (Å²) in [4.78, 5) is 16.4. The maximum absolute atomic E-state index is 11.9. The van der Waals surface area contributed by atoms with Gasteiger partial charge in [0.25, 0.3) is 5.56 Å². The van der Waals surface area contributed by atoms with Gasteiger partial charge in [0, 0.05) is 25.4 Å². The molecule has 124 valence electrons. The van der Waals surface area contributed by atoms with Crippen LogP contribution in [-0.4, -0.2) is 14.1 Å². The summed E-state index contributed by atoms with van der Waals surface area (Å²) in [6.45, 7) is 2.64. The van der Waals surface area contributed by atoms with Crippen LogP contribution in [0.5, 0.6) is 0 Å². The zero-order valence-corrected chi connectivity index (χ0v) is 14.3. The van der Waals surface area contributed by atoms with E-state index < -0.39 is 0 Å². The van der Waals surface area contributed by atoms with Crippen LogP contribution in [-0.2, 0) is 13.6 Å². The molecule has 0 spiro atoms. The highest BCUT2D eigenvalue weighted by molar-refractivity contribution is 5.82. The molecule has 0 aliphatic carbocycles. The molecule has 2 aromatic carbocycles. The van der Waals surface area contributed by atoms with Crippen molar-refractivity contribution < 1.29 is 0 Å². The van der Waals surface area contributed by atoms with Crippen LogP contribution in [0.4, 0.5) is 0 Å². The molecule has 0 saturated heterocycles. The molecule has 0 amide bonds. The Labute approximate surface area is 146 Å². The maximum Gasteiger partial charge on any atom is 0.253 e. The van der Waals surface area contributed by atoms with E-state index in [2.05, 4.69) is 33.8 Å². The molecular weight excluding hydrogens is 310 g/mol. The molecule has 4 heteroatoms. The van der Waals surface area contributed by atoms with Crippen molar-refractivity contribution in [1.29, 1.82) is 0 Å². The number of nitrogens with zero attached hydrogens (tertiary/aromatic N) is 3. The number of rotatable bonds is 3. The number of benzene rings is 2. The first-order valence-corrected chi connectivity index (χ1v) is 8.28. The quantitative estimate of drug-likeness (QED) is 0.574. The Morgan fingerprint density at radius 2 is 1.80 bits per heavy atom. The summed E-state index contributed by atoms with van der Waals surface area (Å²) >= 11 is 0. The van der Waals surface area contributed by atoms with Crippen LogP contribution in [0.25, 0.3) is 22.2 Å². The van der Waals surface area contributed by atoms with Gasteiger partial charge in [-0.25, -0.2) is 4.98 Å². The second-order valence-corrected chi connectivity index (χ2v) is 6.39. The van der Waals surface area contributed by atoms with Gasteiger partial charge in [0.05, 0.1) is 17.4 Å². The molecule has 4 nitrogen and oxygen atoms in total. The second-order valence-electron chi connectivity index (χ2n) is 6.39. The number of hydrogen-bond donors (Lipinski definition) is 0. The van der Waals surface area contributed by atoms with E-state index in [0.717, 1.165) is 34.3 Å². The van der Waals surface area contributed by atoms with Crippen molar-refractivity contribution >= 4 is 11.0 Å². The fraction of sp³-hybridized carbons (Fsp3) is 0.143. The van der Waals surface area contributed by atoms with Crippen molar-refractivity contribution in [3.63, 3.8) is 0 Å². The number of fused-ring (bicyclic) bond motifs is 1. The van der Waals surface area contributed by atoms with Crippen LogP contribution in [0.3, 0.4) is 0 Å². The molecule has 2 heterocycles. The Hall–Kier alpha value is -3.14. The Kier molecular flexibility index (Phi) is 3.73. The highest BCUT2D eigenvalue weighted by Crippen LogP contribution is 2.24. The molecule has 0 N–H and O–H groups in total. The molecule has 0 aliphatic rings. The average molecular weight is 329 g/mol. The average Bonchev–Trinajstić information content (AvgIpc) is 3.02. The van der Waals surface area contributed by atoms with Gasteiger partial charge >= 0.3 is 0 Å². The largest absolute Gasteiger partial charge is 0.326 e. The molecule has 4 rings (SSSR count). The molecule has 0 radical (unpaired) electrons. The minimum atomic E-state index is 0.0407. The van der Waals surface area contributed by atoms with Gasteiger partial charge in [-0.15, -0.1) is 0 Å². The summed E-state index contributed by atoms with van der Waals surface area (Å²) in [6, 6.07) is 18.5. The zero-order chi connectivity index (χ0) is 17.4. The lowest BCUT2D eigenvalue weighted by atomic mass is 10.1. The zero-order valence-electron chi connectivity index (χ0n) is 14.3. The normalized spacial score (nSPS) is 11.1. The van der Waals surface area contributed by atoms with Crippen molar-refractivity contribution in [3.8, 4) is 11.1 Å². The van der Waals surface area contributed by atoms with Crippen molar-refractivity contribution in [2.24, 2.45) is 7.05 Å². The first-order chi connectivity index (χ1) is 12.1. The van der Waals surface area contributed by atoms with Crippen molar-refractivity contribution in [1.82, 2.24) is 14.1 Å². The van der Waals surface area contributed by atoms with Crippen molar-refractivity contribution in [2.75, 3.05) is 0 Å². The van der Waals surface area contributed by atoms with E-state index in [1.165, 1.54) is 5.56 Å². The minimum absolute atomic E-state index is 0.0407. The number of aromatic nitrogens is 3. The Balaban J connectivity index is 1.80. The van der Waals surface area contributed by atoms with E-state index in [1.807, 2.05) is 49.8 Å². The molecule has 0 saturated carbocycles. The SMILES string of the molecule is Cc1cc(-c2ccc3ncn(Cc4ccccc4)c3c2)cn(C)c1=O. The molecule has 0 bridgehead atoms. The van der Waals surface area contributed by atoms with Gasteiger partial charge in [0.15, 0.2) is 0 Å². The van der Waals surface area contributed by atoms with E-state index in [9.17, 15) is 4.79 Å². The number of pyridine rings is 1. The number of aryl methyl sites for hydroxylation is 2. The predicted molar refractivity (Wildman–Crippen MR) is 101 cm³/mol. The summed E-state index contributed by atoms with van der Waals surface area (Å²) in [6.07, 6.45) is 3.77. The van der Waals surface area contributed by atoms with Crippen LogP contribution in [0.15, 0.2) is 71.9 Å². The van der Waals surface area contributed by atoms with Gasteiger partial charge in [0.1, 0.15) is 0 Å². The lowest BCUT2D eigenvalue weighted by molar-refractivity contribution is 0.824. The summed E-state index contributed by atoms with van der Waals surface area (Å²) in [7, 11) is 1.79. The van der Waals surface area contributed by atoms with Gasteiger partial charge in [-0.1, -0.05) is 36.4 Å². The Morgan fingerprint density at radius 1 is 1.00 bits per heavy atom. The molecule has 0 fully saturated rings. The van der Waals surface area contributed by atoms with Gasteiger partial charge in [-0.05, 0) is 41.8 Å². The lowest BCUT2D eigenvalue weighted by Gasteiger charge is -2.08. The number of hydrogen-bond acceptors (Lipinski definition) is 2. The van der Waals surface area contributed by atoms with Crippen LogP contribution >= 0.6 is 0 Å². The molecule has 4 aromatic rings. The molecule has 0 atom stereocenters. The van der Waals surface area contributed by atoms with E-state index >= 15 is 0 Å². The highest BCUT2D eigenvalue weighted by Gasteiger charge is 2.08. The van der Waals surface area contributed by atoms with Crippen LogP contribution in [0.1, 0.15) is 11.1 Å².